The van der Waals surface area contributed by atoms with Crippen LogP contribution in [0.15, 0.2) is 17.5 Å². The van der Waals surface area contributed by atoms with Crippen molar-refractivity contribution < 1.29 is 24.6 Å². The molecule has 0 fully saturated rings. The highest BCUT2D eigenvalue weighted by atomic mass is 32.1. The maximum atomic E-state index is 11.7. The van der Waals surface area contributed by atoms with E-state index >= 15 is 0 Å². The maximum Gasteiger partial charge on any atom is 0.326 e. The molecule has 2 amide bonds. The van der Waals surface area contributed by atoms with E-state index in [0.29, 0.717) is 6.54 Å². The van der Waals surface area contributed by atoms with E-state index < -0.39 is 30.4 Å². The molecule has 0 unspecified atom stereocenters. The Balaban J connectivity index is 2.53. The van der Waals surface area contributed by atoms with Gasteiger partial charge in [-0.1, -0.05) is 19.9 Å². The Morgan fingerprint density at radius 2 is 2.00 bits per heavy atom. The van der Waals surface area contributed by atoms with Crippen LogP contribution in [-0.4, -0.2) is 40.8 Å². The molecular weight excluding hydrogens is 296 g/mol. The third-order valence-corrected chi connectivity index (χ3v) is 4.10. The number of aliphatic carboxylic acids is 2. The highest BCUT2D eigenvalue weighted by molar-refractivity contribution is 7.10. The fourth-order valence-electron chi connectivity index (χ4n) is 1.64. The summed E-state index contributed by atoms with van der Waals surface area (Å²) in [5.41, 5.74) is -0.295. The zero-order chi connectivity index (χ0) is 16.0. The summed E-state index contributed by atoms with van der Waals surface area (Å²) in [6, 6.07) is 1.71. The van der Waals surface area contributed by atoms with Gasteiger partial charge < -0.3 is 20.8 Å². The van der Waals surface area contributed by atoms with Gasteiger partial charge >= 0.3 is 18.0 Å². The molecule has 1 atom stereocenters. The fourth-order valence-corrected chi connectivity index (χ4v) is 2.49. The second-order valence-electron chi connectivity index (χ2n) is 5.18. The molecule has 0 saturated carbocycles. The summed E-state index contributed by atoms with van der Waals surface area (Å²) < 4.78 is 0. The van der Waals surface area contributed by atoms with E-state index in [4.69, 9.17) is 10.2 Å². The van der Waals surface area contributed by atoms with Gasteiger partial charge in [-0.05, 0) is 11.4 Å². The van der Waals surface area contributed by atoms with Crippen molar-refractivity contribution in [1.29, 1.82) is 0 Å². The minimum atomic E-state index is -1.45. The summed E-state index contributed by atoms with van der Waals surface area (Å²) in [6.07, 6.45) is -0.670. The van der Waals surface area contributed by atoms with Crippen molar-refractivity contribution in [3.05, 3.63) is 22.4 Å². The molecule has 21 heavy (non-hydrogen) atoms. The van der Waals surface area contributed by atoms with Gasteiger partial charge in [0.15, 0.2) is 0 Å². The second kappa shape index (κ2) is 7.07. The van der Waals surface area contributed by atoms with Gasteiger partial charge in [0.1, 0.15) is 6.04 Å². The predicted octanol–water partition coefficient (Wildman–Crippen LogP) is 1.25. The zero-order valence-electron chi connectivity index (χ0n) is 11.8. The van der Waals surface area contributed by atoms with Gasteiger partial charge in [0.05, 0.1) is 6.42 Å². The number of carboxylic acid groups (broad SMARTS) is 2. The molecule has 0 aliphatic carbocycles. The molecular formula is C13H18N2O5S. The van der Waals surface area contributed by atoms with E-state index in [1.807, 2.05) is 31.4 Å². The summed E-state index contributed by atoms with van der Waals surface area (Å²) in [7, 11) is 0. The Morgan fingerprint density at radius 3 is 2.48 bits per heavy atom. The molecule has 4 N–H and O–H groups in total. The average Bonchev–Trinajstić information content (AvgIpc) is 2.89. The first-order valence-corrected chi connectivity index (χ1v) is 7.13. The topological polar surface area (TPSA) is 116 Å². The number of carboxylic acids is 2. The number of amides is 2. The van der Waals surface area contributed by atoms with Crippen molar-refractivity contribution in [1.82, 2.24) is 10.6 Å². The van der Waals surface area contributed by atoms with Gasteiger partial charge in [-0.25, -0.2) is 9.59 Å². The van der Waals surface area contributed by atoms with Gasteiger partial charge in [-0.2, -0.15) is 0 Å². The number of urea groups is 1. The Kier molecular flexibility index (Phi) is 5.71. The van der Waals surface area contributed by atoms with Crippen LogP contribution < -0.4 is 10.6 Å². The van der Waals surface area contributed by atoms with Crippen molar-refractivity contribution >= 4 is 29.3 Å². The third kappa shape index (κ3) is 5.42. The SMILES string of the molecule is CC(C)(CNC(=O)N[C@@H](CC(=O)O)C(=O)O)c1cccs1. The average molecular weight is 314 g/mol. The van der Waals surface area contributed by atoms with E-state index in [9.17, 15) is 14.4 Å². The highest BCUT2D eigenvalue weighted by Gasteiger charge is 2.25. The minimum Gasteiger partial charge on any atom is -0.481 e. The fraction of sp³-hybridized carbons (Fsp3) is 0.462. The molecule has 0 bridgehead atoms. The van der Waals surface area contributed by atoms with Crippen molar-refractivity contribution in [3.8, 4) is 0 Å². The first-order chi connectivity index (χ1) is 9.72. The minimum absolute atomic E-state index is 0.295. The molecule has 116 valence electrons. The Bertz CT molecular complexity index is 513. The molecule has 0 radical (unpaired) electrons. The maximum absolute atomic E-state index is 11.7. The first-order valence-electron chi connectivity index (χ1n) is 6.25. The number of hydrogen-bond donors (Lipinski definition) is 4. The quantitative estimate of drug-likeness (QED) is 0.604. The lowest BCUT2D eigenvalue weighted by Crippen LogP contribution is -2.49. The standard InChI is InChI=1S/C13H18N2O5S/c1-13(2,9-4-3-5-21-9)7-14-12(20)15-8(11(18)19)6-10(16)17/h3-5,8H,6-7H2,1-2H3,(H,16,17)(H,18,19)(H2,14,15,20)/t8-/m0/s1. The van der Waals surface area contributed by atoms with Gasteiger partial charge in [0, 0.05) is 16.8 Å². The van der Waals surface area contributed by atoms with Crippen LogP contribution in [0.5, 0.6) is 0 Å². The molecule has 8 heteroatoms. The van der Waals surface area contributed by atoms with E-state index in [0.717, 1.165) is 4.88 Å². The summed E-state index contributed by atoms with van der Waals surface area (Å²) in [5.74, 6) is -2.67. The van der Waals surface area contributed by atoms with Crippen LogP contribution in [0.4, 0.5) is 4.79 Å². The van der Waals surface area contributed by atoms with Crippen LogP contribution in [0.25, 0.3) is 0 Å². The highest BCUT2D eigenvalue weighted by Crippen LogP contribution is 2.26. The summed E-state index contributed by atoms with van der Waals surface area (Å²) in [6.45, 7) is 4.20. The molecule has 0 spiro atoms. The number of hydrogen-bond acceptors (Lipinski definition) is 4. The largest absolute Gasteiger partial charge is 0.481 e. The Morgan fingerprint density at radius 1 is 1.33 bits per heavy atom. The molecule has 1 aromatic heterocycles. The number of carbonyl (C=O) groups is 3. The number of carbonyl (C=O) groups excluding carboxylic acids is 1. The summed E-state index contributed by atoms with van der Waals surface area (Å²) in [4.78, 5) is 34.2. The smallest absolute Gasteiger partial charge is 0.326 e. The first kappa shape index (κ1) is 17.0. The third-order valence-electron chi connectivity index (χ3n) is 2.86. The lowest BCUT2D eigenvalue weighted by atomic mass is 9.91. The van der Waals surface area contributed by atoms with E-state index in [2.05, 4.69) is 10.6 Å². The van der Waals surface area contributed by atoms with Crippen molar-refractivity contribution in [2.24, 2.45) is 0 Å². The molecule has 0 saturated heterocycles. The van der Waals surface area contributed by atoms with Crippen molar-refractivity contribution in [2.45, 2.75) is 31.7 Å². The number of nitrogens with one attached hydrogen (secondary N) is 2. The second-order valence-corrected chi connectivity index (χ2v) is 6.12. The van der Waals surface area contributed by atoms with Crippen molar-refractivity contribution in [3.63, 3.8) is 0 Å². The van der Waals surface area contributed by atoms with E-state index in [-0.39, 0.29) is 5.41 Å². The molecule has 0 aliphatic rings. The van der Waals surface area contributed by atoms with Crippen LogP contribution in [0.2, 0.25) is 0 Å². The molecule has 1 heterocycles. The van der Waals surface area contributed by atoms with Crippen LogP contribution >= 0.6 is 11.3 Å². The van der Waals surface area contributed by atoms with Gasteiger partial charge in [-0.15, -0.1) is 11.3 Å². The number of rotatable bonds is 7. The predicted molar refractivity (Wildman–Crippen MR) is 77.6 cm³/mol. The molecule has 1 aromatic rings. The summed E-state index contributed by atoms with van der Waals surface area (Å²) >= 11 is 1.57. The van der Waals surface area contributed by atoms with Gasteiger partial charge in [-0.3, -0.25) is 4.79 Å². The summed E-state index contributed by atoms with van der Waals surface area (Å²) in [5, 5.41) is 24.1. The van der Waals surface area contributed by atoms with Crippen LogP contribution in [-0.2, 0) is 15.0 Å². The van der Waals surface area contributed by atoms with Gasteiger partial charge in [0.2, 0.25) is 0 Å². The van der Waals surface area contributed by atoms with Crippen LogP contribution in [0, 0.1) is 0 Å². The van der Waals surface area contributed by atoms with Gasteiger partial charge in [0.25, 0.3) is 0 Å². The van der Waals surface area contributed by atoms with Crippen molar-refractivity contribution in [2.75, 3.05) is 6.54 Å². The van der Waals surface area contributed by atoms with Crippen LogP contribution in [0.1, 0.15) is 25.1 Å². The zero-order valence-corrected chi connectivity index (χ0v) is 12.6. The van der Waals surface area contributed by atoms with E-state index in [1.54, 1.807) is 11.3 Å². The molecule has 0 aromatic carbocycles. The molecule has 7 nitrogen and oxygen atoms in total. The lowest BCUT2D eigenvalue weighted by molar-refractivity contribution is -0.145. The Hall–Kier alpha value is -2.09. The molecule has 1 rings (SSSR count). The monoisotopic (exact) mass is 314 g/mol. The van der Waals surface area contributed by atoms with Crippen LogP contribution in [0.3, 0.4) is 0 Å². The molecule has 0 aliphatic heterocycles. The van der Waals surface area contributed by atoms with E-state index in [1.165, 1.54) is 0 Å². The lowest BCUT2D eigenvalue weighted by Gasteiger charge is -2.24. The number of thiophene rings is 1. The normalized spacial score (nSPS) is 12.5. The Labute approximate surface area is 126 Å².